The van der Waals surface area contributed by atoms with Crippen LogP contribution in [0.3, 0.4) is 0 Å². The van der Waals surface area contributed by atoms with E-state index in [1.165, 1.54) is 12.8 Å². The van der Waals surface area contributed by atoms with Crippen molar-refractivity contribution in [3.05, 3.63) is 48.0 Å². The largest absolute Gasteiger partial charge is 0.377 e. The first-order chi connectivity index (χ1) is 12.9. The molecule has 1 unspecified atom stereocenters. The number of aromatic nitrogens is 3. The summed E-state index contributed by atoms with van der Waals surface area (Å²) in [4.78, 5) is 18.5. The van der Waals surface area contributed by atoms with Crippen molar-refractivity contribution in [3.8, 4) is 0 Å². The van der Waals surface area contributed by atoms with Crippen molar-refractivity contribution >= 4 is 5.95 Å². The molecule has 0 aromatic carbocycles. The van der Waals surface area contributed by atoms with E-state index in [0.717, 1.165) is 69.5 Å². The van der Waals surface area contributed by atoms with E-state index < -0.39 is 0 Å². The average molecular weight is 353 g/mol. The zero-order valence-electron chi connectivity index (χ0n) is 15.3. The Labute approximate surface area is 155 Å². The number of hydrogen-bond acceptors (Lipinski definition) is 6. The van der Waals surface area contributed by atoms with Crippen molar-refractivity contribution in [1.29, 1.82) is 0 Å². The van der Waals surface area contributed by atoms with Crippen LogP contribution in [-0.4, -0.2) is 52.2 Å². The van der Waals surface area contributed by atoms with Gasteiger partial charge in [-0.15, -0.1) is 0 Å². The molecule has 0 bridgehead atoms. The molecule has 138 valence electrons. The third-order valence-corrected chi connectivity index (χ3v) is 5.07. The Morgan fingerprint density at radius 3 is 2.65 bits per heavy atom. The lowest BCUT2D eigenvalue weighted by molar-refractivity contribution is 0.0670. The van der Waals surface area contributed by atoms with E-state index in [2.05, 4.69) is 25.8 Å². The standard InChI is InChI=1S/C20H27N5O/c1-2-9-21-17(6-1)14-24(16-19-7-5-13-26-19)15-18-8-10-22-20(23-18)25-11-3-4-12-25/h1-2,6,8-10,19H,3-5,7,11-16H2. The SMILES string of the molecule is c1ccc(CN(Cc2ccnc(N3CCCC3)n2)CC2CCCO2)nc1. The monoisotopic (exact) mass is 353 g/mol. The summed E-state index contributed by atoms with van der Waals surface area (Å²) in [5.41, 5.74) is 2.15. The number of ether oxygens (including phenoxy) is 1. The molecule has 6 heteroatoms. The molecular weight excluding hydrogens is 326 g/mol. The van der Waals surface area contributed by atoms with E-state index in [1.807, 2.05) is 30.6 Å². The third-order valence-electron chi connectivity index (χ3n) is 5.07. The minimum Gasteiger partial charge on any atom is -0.377 e. The first-order valence-corrected chi connectivity index (χ1v) is 9.67. The van der Waals surface area contributed by atoms with Crippen LogP contribution in [0.25, 0.3) is 0 Å². The topological polar surface area (TPSA) is 54.4 Å². The highest BCUT2D eigenvalue weighted by Crippen LogP contribution is 2.18. The lowest BCUT2D eigenvalue weighted by Crippen LogP contribution is -2.32. The summed E-state index contributed by atoms with van der Waals surface area (Å²) in [6, 6.07) is 8.11. The molecule has 2 aliphatic heterocycles. The zero-order chi connectivity index (χ0) is 17.6. The van der Waals surface area contributed by atoms with E-state index in [0.29, 0.717) is 6.10 Å². The average Bonchev–Trinajstić information content (AvgIpc) is 3.37. The lowest BCUT2D eigenvalue weighted by atomic mass is 10.2. The normalized spacial score (nSPS) is 20.2. The zero-order valence-corrected chi connectivity index (χ0v) is 15.3. The van der Waals surface area contributed by atoms with Crippen LogP contribution in [0, 0.1) is 0 Å². The van der Waals surface area contributed by atoms with Crippen molar-refractivity contribution < 1.29 is 4.74 Å². The third kappa shape index (κ3) is 4.56. The highest BCUT2D eigenvalue weighted by Gasteiger charge is 2.21. The second kappa shape index (κ2) is 8.56. The van der Waals surface area contributed by atoms with Gasteiger partial charge in [0.25, 0.3) is 0 Å². The van der Waals surface area contributed by atoms with Crippen molar-refractivity contribution in [3.63, 3.8) is 0 Å². The summed E-state index contributed by atoms with van der Waals surface area (Å²) in [6.45, 7) is 5.53. The van der Waals surface area contributed by atoms with Gasteiger partial charge in [0.15, 0.2) is 0 Å². The maximum Gasteiger partial charge on any atom is 0.225 e. The van der Waals surface area contributed by atoms with Crippen LogP contribution in [0.4, 0.5) is 5.95 Å². The summed E-state index contributed by atoms with van der Waals surface area (Å²) in [7, 11) is 0. The van der Waals surface area contributed by atoms with E-state index in [1.54, 1.807) is 0 Å². The molecule has 0 aliphatic carbocycles. The number of hydrogen-bond donors (Lipinski definition) is 0. The maximum atomic E-state index is 5.86. The molecule has 4 heterocycles. The quantitative estimate of drug-likeness (QED) is 0.763. The fourth-order valence-electron chi connectivity index (χ4n) is 3.75. The first kappa shape index (κ1) is 17.4. The van der Waals surface area contributed by atoms with Crippen LogP contribution in [0.5, 0.6) is 0 Å². The van der Waals surface area contributed by atoms with E-state index >= 15 is 0 Å². The number of anilines is 1. The number of pyridine rings is 1. The van der Waals surface area contributed by atoms with Gasteiger partial charge in [-0.05, 0) is 43.9 Å². The lowest BCUT2D eigenvalue weighted by Gasteiger charge is -2.25. The van der Waals surface area contributed by atoms with Gasteiger partial charge in [-0.1, -0.05) is 6.07 Å². The fourth-order valence-corrected chi connectivity index (χ4v) is 3.75. The van der Waals surface area contributed by atoms with E-state index in [4.69, 9.17) is 9.72 Å². The van der Waals surface area contributed by atoms with Crippen molar-refractivity contribution in [1.82, 2.24) is 19.9 Å². The fraction of sp³-hybridized carbons (Fsp3) is 0.550. The Hall–Kier alpha value is -2.05. The van der Waals surface area contributed by atoms with Gasteiger partial charge < -0.3 is 9.64 Å². The molecule has 0 radical (unpaired) electrons. The van der Waals surface area contributed by atoms with Gasteiger partial charge in [0, 0.05) is 51.7 Å². The molecule has 0 saturated carbocycles. The first-order valence-electron chi connectivity index (χ1n) is 9.67. The van der Waals surface area contributed by atoms with Gasteiger partial charge >= 0.3 is 0 Å². The van der Waals surface area contributed by atoms with Crippen molar-refractivity contribution in [2.45, 2.75) is 44.9 Å². The molecular formula is C20H27N5O. The van der Waals surface area contributed by atoms with E-state index in [9.17, 15) is 0 Å². The maximum absolute atomic E-state index is 5.86. The molecule has 0 N–H and O–H groups in total. The minimum absolute atomic E-state index is 0.318. The Balaban J connectivity index is 1.47. The van der Waals surface area contributed by atoms with Crippen molar-refractivity contribution in [2.75, 3.05) is 31.1 Å². The van der Waals surface area contributed by atoms with Crippen molar-refractivity contribution in [2.24, 2.45) is 0 Å². The predicted molar refractivity (Wildman–Crippen MR) is 101 cm³/mol. The van der Waals surface area contributed by atoms with Gasteiger partial charge in [0.2, 0.25) is 5.95 Å². The second-order valence-corrected chi connectivity index (χ2v) is 7.17. The summed E-state index contributed by atoms with van der Waals surface area (Å²) in [6.07, 6.45) is 8.84. The van der Waals surface area contributed by atoms with Gasteiger partial charge in [0.1, 0.15) is 0 Å². The number of rotatable bonds is 7. The molecule has 4 rings (SSSR count). The van der Waals surface area contributed by atoms with Gasteiger partial charge in [-0.25, -0.2) is 9.97 Å². The van der Waals surface area contributed by atoms with Gasteiger partial charge in [-0.2, -0.15) is 0 Å². The molecule has 0 spiro atoms. The van der Waals surface area contributed by atoms with E-state index in [-0.39, 0.29) is 0 Å². The Bertz CT molecular complexity index is 684. The summed E-state index contributed by atoms with van der Waals surface area (Å²) < 4.78 is 5.86. The van der Waals surface area contributed by atoms with Crippen LogP contribution in [0.15, 0.2) is 36.7 Å². The van der Waals surface area contributed by atoms with Gasteiger partial charge in [0.05, 0.1) is 17.5 Å². The van der Waals surface area contributed by atoms with Crippen LogP contribution < -0.4 is 4.90 Å². The summed E-state index contributed by atoms with van der Waals surface area (Å²) >= 11 is 0. The minimum atomic E-state index is 0.318. The molecule has 26 heavy (non-hydrogen) atoms. The molecule has 2 saturated heterocycles. The van der Waals surface area contributed by atoms with Crippen LogP contribution in [0.2, 0.25) is 0 Å². The Morgan fingerprint density at radius 2 is 1.88 bits per heavy atom. The van der Waals surface area contributed by atoms with Crippen LogP contribution >= 0.6 is 0 Å². The molecule has 1 atom stereocenters. The molecule has 2 fully saturated rings. The second-order valence-electron chi connectivity index (χ2n) is 7.17. The highest BCUT2D eigenvalue weighted by atomic mass is 16.5. The molecule has 6 nitrogen and oxygen atoms in total. The highest BCUT2D eigenvalue weighted by molar-refractivity contribution is 5.31. The van der Waals surface area contributed by atoms with Crippen LogP contribution in [0.1, 0.15) is 37.1 Å². The Morgan fingerprint density at radius 1 is 1.00 bits per heavy atom. The molecule has 2 aromatic rings. The smallest absolute Gasteiger partial charge is 0.225 e. The Kier molecular flexibility index (Phi) is 5.72. The summed E-state index contributed by atoms with van der Waals surface area (Å²) in [5, 5.41) is 0. The molecule has 2 aliphatic rings. The predicted octanol–water partition coefficient (Wildman–Crippen LogP) is 2.65. The van der Waals surface area contributed by atoms with Gasteiger partial charge in [-0.3, -0.25) is 9.88 Å². The summed E-state index contributed by atoms with van der Waals surface area (Å²) in [5.74, 6) is 0.870. The molecule has 0 amide bonds. The van der Waals surface area contributed by atoms with Crippen LogP contribution in [-0.2, 0) is 17.8 Å². The molecule has 2 aromatic heterocycles. The number of nitrogens with zero attached hydrogens (tertiary/aromatic N) is 5.